The maximum Gasteiger partial charge on any atom is 0.0664 e. The predicted octanol–water partition coefficient (Wildman–Crippen LogP) is 6.99. The standard InChI is InChI=1S/C26H29N/c1-18-15-24(27-17-21(18)19-7-5-4-6-8-19)20-9-10-22-23(16-20)26(3)13-11-25(22,2)12-14-26/h4-10,15,17,23H,11-14,16H2,1-3H3. The molecule has 0 amide bonds. The van der Waals surface area contributed by atoms with Crippen LogP contribution in [0, 0.1) is 23.7 Å². The Hall–Kier alpha value is -2.15. The lowest BCUT2D eigenvalue weighted by Crippen LogP contribution is -2.47. The molecule has 2 bridgehead atoms. The van der Waals surface area contributed by atoms with Gasteiger partial charge >= 0.3 is 0 Å². The summed E-state index contributed by atoms with van der Waals surface area (Å²) in [5.74, 6) is 0.709. The molecule has 3 saturated carbocycles. The van der Waals surface area contributed by atoms with Crippen molar-refractivity contribution in [3.8, 4) is 11.1 Å². The third kappa shape index (κ3) is 2.63. The van der Waals surface area contributed by atoms with Crippen LogP contribution in [0.2, 0.25) is 0 Å². The number of benzene rings is 1. The van der Waals surface area contributed by atoms with Gasteiger partial charge in [-0.15, -0.1) is 0 Å². The Kier molecular flexibility index (Phi) is 3.73. The van der Waals surface area contributed by atoms with Crippen molar-refractivity contribution >= 4 is 5.57 Å². The van der Waals surface area contributed by atoms with E-state index in [9.17, 15) is 0 Å². The van der Waals surface area contributed by atoms with Gasteiger partial charge in [0.15, 0.2) is 0 Å². The van der Waals surface area contributed by atoms with E-state index in [1.807, 2.05) is 0 Å². The summed E-state index contributed by atoms with van der Waals surface area (Å²) in [6.45, 7) is 7.24. The highest BCUT2D eigenvalue weighted by molar-refractivity contribution is 5.72. The summed E-state index contributed by atoms with van der Waals surface area (Å²) in [6.07, 6.45) is 13.6. The Balaban J connectivity index is 1.51. The van der Waals surface area contributed by atoms with Crippen LogP contribution in [0.1, 0.15) is 57.2 Å². The van der Waals surface area contributed by atoms with Gasteiger partial charge in [0, 0.05) is 11.8 Å². The van der Waals surface area contributed by atoms with Crippen LogP contribution in [0.4, 0.5) is 0 Å². The Morgan fingerprint density at radius 1 is 0.963 bits per heavy atom. The molecule has 1 aromatic heterocycles. The quantitative estimate of drug-likeness (QED) is 0.566. The first-order valence-corrected chi connectivity index (χ1v) is 10.4. The summed E-state index contributed by atoms with van der Waals surface area (Å²) < 4.78 is 0. The van der Waals surface area contributed by atoms with E-state index in [4.69, 9.17) is 4.98 Å². The van der Waals surface area contributed by atoms with Gasteiger partial charge < -0.3 is 0 Å². The summed E-state index contributed by atoms with van der Waals surface area (Å²) in [6, 6.07) is 12.9. The largest absolute Gasteiger partial charge is 0.256 e. The molecular weight excluding hydrogens is 326 g/mol. The normalized spacial score (nSPS) is 31.9. The maximum atomic E-state index is 4.88. The highest BCUT2D eigenvalue weighted by Gasteiger charge is 2.53. The minimum absolute atomic E-state index is 0.449. The van der Waals surface area contributed by atoms with E-state index < -0.39 is 0 Å². The molecule has 138 valence electrons. The number of hydrogen-bond donors (Lipinski definition) is 0. The molecule has 6 rings (SSSR count). The zero-order valence-corrected chi connectivity index (χ0v) is 16.8. The number of allylic oxidation sites excluding steroid dienone is 4. The van der Waals surface area contributed by atoms with Crippen molar-refractivity contribution in [2.24, 2.45) is 16.7 Å². The van der Waals surface area contributed by atoms with Crippen molar-refractivity contribution in [1.29, 1.82) is 0 Å². The van der Waals surface area contributed by atoms with Gasteiger partial charge in [-0.2, -0.15) is 0 Å². The molecule has 1 unspecified atom stereocenters. The van der Waals surface area contributed by atoms with E-state index >= 15 is 0 Å². The second-order valence-corrected chi connectivity index (χ2v) is 9.54. The van der Waals surface area contributed by atoms with E-state index in [1.54, 1.807) is 5.57 Å². The van der Waals surface area contributed by atoms with E-state index in [1.165, 1.54) is 47.9 Å². The second kappa shape index (κ2) is 5.92. The fourth-order valence-electron chi connectivity index (χ4n) is 5.80. The van der Waals surface area contributed by atoms with Gasteiger partial charge in [0.25, 0.3) is 0 Å². The monoisotopic (exact) mass is 355 g/mol. The number of fused-ring (bicyclic) bond motifs is 2. The van der Waals surface area contributed by atoms with E-state index in [0.29, 0.717) is 16.7 Å². The van der Waals surface area contributed by atoms with Crippen molar-refractivity contribution in [2.75, 3.05) is 0 Å². The molecular formula is C26H29N. The third-order valence-electron chi connectivity index (χ3n) is 7.82. The van der Waals surface area contributed by atoms with Crippen molar-refractivity contribution in [1.82, 2.24) is 4.98 Å². The zero-order valence-electron chi connectivity index (χ0n) is 16.8. The molecule has 1 heteroatoms. The molecule has 3 fully saturated rings. The molecule has 0 aliphatic heterocycles. The lowest BCUT2D eigenvalue weighted by Gasteiger charge is -2.58. The average Bonchev–Trinajstić information content (AvgIpc) is 2.70. The van der Waals surface area contributed by atoms with Gasteiger partial charge in [-0.05, 0) is 78.5 Å². The SMILES string of the molecule is Cc1cc(C2=CC=C3C(C2)C2(C)CCC3(C)CC2)ncc1-c1ccccc1. The molecule has 0 saturated heterocycles. The number of hydrogen-bond acceptors (Lipinski definition) is 1. The zero-order chi connectivity index (χ0) is 18.6. The highest BCUT2D eigenvalue weighted by atomic mass is 14.7. The van der Waals surface area contributed by atoms with Crippen LogP contribution in [0.15, 0.2) is 60.3 Å². The fraction of sp³-hybridized carbons (Fsp3) is 0.423. The number of aromatic nitrogens is 1. The number of aryl methyl sites for hydroxylation is 1. The van der Waals surface area contributed by atoms with Crippen LogP contribution < -0.4 is 0 Å². The summed E-state index contributed by atoms with van der Waals surface area (Å²) >= 11 is 0. The van der Waals surface area contributed by atoms with Crippen molar-refractivity contribution < 1.29 is 0 Å². The Labute approximate surface area is 163 Å². The van der Waals surface area contributed by atoms with E-state index in [2.05, 4.69) is 75.5 Å². The number of nitrogens with zero attached hydrogens (tertiary/aromatic N) is 1. The number of rotatable bonds is 2. The minimum atomic E-state index is 0.449. The lowest BCUT2D eigenvalue weighted by molar-refractivity contribution is 0.0170. The van der Waals surface area contributed by atoms with E-state index in [-0.39, 0.29) is 0 Å². The number of pyridine rings is 1. The summed E-state index contributed by atoms with van der Waals surface area (Å²) in [4.78, 5) is 4.88. The average molecular weight is 356 g/mol. The molecule has 4 aliphatic carbocycles. The van der Waals surface area contributed by atoms with E-state index in [0.717, 1.165) is 12.1 Å². The van der Waals surface area contributed by atoms with Gasteiger partial charge in [-0.3, -0.25) is 4.98 Å². The summed E-state index contributed by atoms with van der Waals surface area (Å²) in [7, 11) is 0. The predicted molar refractivity (Wildman–Crippen MR) is 113 cm³/mol. The molecule has 1 heterocycles. The molecule has 27 heavy (non-hydrogen) atoms. The molecule has 1 nitrogen and oxygen atoms in total. The van der Waals surface area contributed by atoms with Crippen molar-refractivity contribution in [2.45, 2.75) is 52.9 Å². The lowest BCUT2D eigenvalue weighted by atomic mass is 9.46. The smallest absolute Gasteiger partial charge is 0.0664 e. The van der Waals surface area contributed by atoms with Gasteiger partial charge in [0.1, 0.15) is 0 Å². The Morgan fingerprint density at radius 3 is 2.41 bits per heavy atom. The second-order valence-electron chi connectivity index (χ2n) is 9.54. The van der Waals surface area contributed by atoms with Crippen molar-refractivity contribution in [3.63, 3.8) is 0 Å². The van der Waals surface area contributed by atoms with Crippen LogP contribution >= 0.6 is 0 Å². The minimum Gasteiger partial charge on any atom is -0.256 e. The molecule has 0 radical (unpaired) electrons. The Morgan fingerprint density at radius 2 is 1.70 bits per heavy atom. The third-order valence-corrected chi connectivity index (χ3v) is 7.82. The first kappa shape index (κ1) is 17.0. The topological polar surface area (TPSA) is 12.9 Å². The maximum absolute atomic E-state index is 4.88. The van der Waals surface area contributed by atoms with Gasteiger partial charge in [0.05, 0.1) is 5.69 Å². The summed E-state index contributed by atoms with van der Waals surface area (Å²) in [5, 5.41) is 0. The van der Waals surface area contributed by atoms with Crippen LogP contribution in [0.25, 0.3) is 16.7 Å². The molecule has 0 N–H and O–H groups in total. The molecule has 0 spiro atoms. The van der Waals surface area contributed by atoms with Gasteiger partial charge in [-0.25, -0.2) is 0 Å². The van der Waals surface area contributed by atoms with Crippen molar-refractivity contribution in [3.05, 3.63) is 71.6 Å². The molecule has 1 aromatic carbocycles. The first-order chi connectivity index (χ1) is 13.0. The highest BCUT2D eigenvalue weighted by Crippen LogP contribution is 2.64. The first-order valence-electron chi connectivity index (χ1n) is 10.4. The van der Waals surface area contributed by atoms with Crippen LogP contribution in [-0.2, 0) is 0 Å². The van der Waals surface area contributed by atoms with Gasteiger partial charge in [-0.1, -0.05) is 61.9 Å². The fourth-order valence-corrected chi connectivity index (χ4v) is 5.80. The molecule has 2 aromatic rings. The van der Waals surface area contributed by atoms with Crippen LogP contribution in [-0.4, -0.2) is 4.98 Å². The summed E-state index contributed by atoms with van der Waals surface area (Å²) in [5.41, 5.74) is 9.05. The molecule has 1 atom stereocenters. The Bertz CT molecular complexity index is 939. The van der Waals surface area contributed by atoms with Crippen LogP contribution in [0.3, 0.4) is 0 Å². The molecule has 4 aliphatic rings. The van der Waals surface area contributed by atoms with Gasteiger partial charge in [0.2, 0.25) is 0 Å². The van der Waals surface area contributed by atoms with Crippen LogP contribution in [0.5, 0.6) is 0 Å².